The number of likely N-dealkylation sites (N-methyl/N-ethyl adjacent to an activating group) is 1. The van der Waals surface area contributed by atoms with Gasteiger partial charge in [-0.05, 0) is 19.7 Å². The van der Waals surface area contributed by atoms with Gasteiger partial charge in [-0.3, -0.25) is 0 Å². The lowest BCUT2D eigenvalue weighted by atomic mass is 10.2. The third-order valence-corrected chi connectivity index (χ3v) is 3.39. The predicted molar refractivity (Wildman–Crippen MR) is 68.5 cm³/mol. The minimum absolute atomic E-state index is 0.313. The molecule has 1 aromatic carbocycles. The summed E-state index contributed by atoms with van der Waals surface area (Å²) in [6.07, 6.45) is 0. The fraction of sp³-hybridized carbons (Fsp3) is 0.455. The number of hydrogen-bond acceptors (Lipinski definition) is 3. The molecule has 0 heterocycles. The maximum atomic E-state index is 11.4. The van der Waals surface area contributed by atoms with Gasteiger partial charge in [0.1, 0.15) is 0 Å². The van der Waals surface area contributed by atoms with E-state index in [-0.39, 0.29) is 0 Å². The normalized spacial score (nSPS) is 12.3. The predicted octanol–water partition coefficient (Wildman–Crippen LogP) is 0.254. The summed E-state index contributed by atoms with van der Waals surface area (Å²) in [4.78, 5) is 1.92. The molecule has 17 heavy (non-hydrogen) atoms. The van der Waals surface area contributed by atoms with E-state index in [0.29, 0.717) is 19.6 Å². The van der Waals surface area contributed by atoms with Crippen LogP contribution in [-0.2, 0) is 16.8 Å². The summed E-state index contributed by atoms with van der Waals surface area (Å²) in [5.74, 6) is 0. The third-order valence-electron chi connectivity index (χ3n) is 2.36. The molecular formula is C11H19N3O2S. The monoisotopic (exact) mass is 257 g/mol. The molecule has 2 N–H and O–H groups in total. The lowest BCUT2D eigenvalue weighted by molar-refractivity contribution is 0.329. The lowest BCUT2D eigenvalue weighted by Gasteiger charge is -2.21. The van der Waals surface area contributed by atoms with Crippen molar-refractivity contribution in [3.05, 3.63) is 35.9 Å². The smallest absolute Gasteiger partial charge is 0.277 e. The number of nitrogens with two attached hydrogens (primary N) is 1. The maximum Gasteiger partial charge on any atom is 0.277 e. The van der Waals surface area contributed by atoms with Gasteiger partial charge in [0.2, 0.25) is 0 Å². The standard InChI is InChI=1S/C11H19N3O2S/c1-13(2)8-9-14(17(12,15)16)10-11-6-4-3-5-7-11/h3-7H,8-10H2,1-2H3,(H2,12,15,16). The molecular weight excluding hydrogens is 238 g/mol. The van der Waals surface area contributed by atoms with E-state index in [1.807, 2.05) is 49.3 Å². The Bertz CT molecular complexity index is 431. The highest BCUT2D eigenvalue weighted by atomic mass is 32.2. The molecule has 0 radical (unpaired) electrons. The molecule has 1 aromatic rings. The van der Waals surface area contributed by atoms with Gasteiger partial charge >= 0.3 is 0 Å². The minimum Gasteiger partial charge on any atom is -0.308 e. The second kappa shape index (κ2) is 6.11. The van der Waals surface area contributed by atoms with E-state index < -0.39 is 10.2 Å². The van der Waals surface area contributed by atoms with Crippen LogP contribution in [0.2, 0.25) is 0 Å². The van der Waals surface area contributed by atoms with Crippen molar-refractivity contribution in [2.24, 2.45) is 5.14 Å². The van der Waals surface area contributed by atoms with Crippen molar-refractivity contribution >= 4 is 10.2 Å². The molecule has 6 heteroatoms. The Labute approximate surface area is 103 Å². The van der Waals surface area contributed by atoms with E-state index in [0.717, 1.165) is 5.56 Å². The molecule has 0 aromatic heterocycles. The molecule has 0 aliphatic heterocycles. The van der Waals surface area contributed by atoms with Gasteiger partial charge in [-0.2, -0.15) is 12.7 Å². The van der Waals surface area contributed by atoms with Gasteiger partial charge in [-0.1, -0.05) is 30.3 Å². The molecule has 0 unspecified atom stereocenters. The highest BCUT2D eigenvalue weighted by Gasteiger charge is 2.17. The second-order valence-electron chi connectivity index (χ2n) is 4.17. The molecule has 96 valence electrons. The van der Waals surface area contributed by atoms with Crippen LogP contribution in [0.5, 0.6) is 0 Å². The van der Waals surface area contributed by atoms with Crippen molar-refractivity contribution in [2.45, 2.75) is 6.54 Å². The van der Waals surface area contributed by atoms with Gasteiger partial charge in [0, 0.05) is 19.6 Å². The van der Waals surface area contributed by atoms with Crippen molar-refractivity contribution < 1.29 is 8.42 Å². The van der Waals surface area contributed by atoms with Crippen molar-refractivity contribution in [3.63, 3.8) is 0 Å². The van der Waals surface area contributed by atoms with Crippen LogP contribution in [0.1, 0.15) is 5.56 Å². The average Bonchev–Trinajstić information content (AvgIpc) is 2.23. The number of rotatable bonds is 6. The van der Waals surface area contributed by atoms with Crippen LogP contribution in [0.15, 0.2) is 30.3 Å². The Morgan fingerprint density at radius 2 is 1.71 bits per heavy atom. The van der Waals surface area contributed by atoms with Crippen LogP contribution < -0.4 is 5.14 Å². The van der Waals surface area contributed by atoms with Crippen LogP contribution >= 0.6 is 0 Å². The number of hydrogen-bond donors (Lipinski definition) is 1. The molecule has 0 saturated heterocycles. The van der Waals surface area contributed by atoms with Crippen LogP contribution in [0, 0.1) is 0 Å². The van der Waals surface area contributed by atoms with E-state index in [9.17, 15) is 8.42 Å². The Kier molecular flexibility index (Phi) is 5.07. The van der Waals surface area contributed by atoms with Crippen LogP contribution in [0.3, 0.4) is 0 Å². The van der Waals surface area contributed by atoms with Crippen molar-refractivity contribution in [1.82, 2.24) is 9.21 Å². The highest BCUT2D eigenvalue weighted by Crippen LogP contribution is 2.06. The summed E-state index contributed by atoms with van der Waals surface area (Å²) in [5, 5.41) is 5.19. The summed E-state index contributed by atoms with van der Waals surface area (Å²) >= 11 is 0. The molecule has 0 amide bonds. The lowest BCUT2D eigenvalue weighted by Crippen LogP contribution is -2.40. The third kappa shape index (κ3) is 5.27. The molecule has 0 bridgehead atoms. The summed E-state index contributed by atoms with van der Waals surface area (Å²) in [5.41, 5.74) is 0.931. The molecule has 0 saturated carbocycles. The molecule has 5 nitrogen and oxygen atoms in total. The van der Waals surface area contributed by atoms with E-state index >= 15 is 0 Å². The first kappa shape index (κ1) is 14.1. The fourth-order valence-corrected chi connectivity index (χ4v) is 2.06. The Morgan fingerprint density at radius 3 is 2.18 bits per heavy atom. The fourth-order valence-electron chi connectivity index (χ4n) is 1.39. The van der Waals surface area contributed by atoms with Crippen molar-refractivity contribution in [2.75, 3.05) is 27.2 Å². The topological polar surface area (TPSA) is 66.6 Å². The zero-order valence-electron chi connectivity index (χ0n) is 10.2. The van der Waals surface area contributed by atoms with Crippen molar-refractivity contribution in [3.8, 4) is 0 Å². The van der Waals surface area contributed by atoms with Crippen LogP contribution in [0.25, 0.3) is 0 Å². The summed E-state index contributed by atoms with van der Waals surface area (Å²) < 4.78 is 24.1. The Balaban J connectivity index is 2.72. The molecule has 0 spiro atoms. The molecule has 0 aliphatic rings. The van der Waals surface area contributed by atoms with Gasteiger partial charge in [0.15, 0.2) is 0 Å². The van der Waals surface area contributed by atoms with E-state index in [1.54, 1.807) is 0 Å². The quantitative estimate of drug-likeness (QED) is 0.794. The number of benzene rings is 1. The van der Waals surface area contributed by atoms with Gasteiger partial charge in [0.05, 0.1) is 0 Å². The summed E-state index contributed by atoms with van der Waals surface area (Å²) in [6.45, 7) is 1.34. The highest BCUT2D eigenvalue weighted by molar-refractivity contribution is 7.86. The van der Waals surface area contributed by atoms with E-state index in [4.69, 9.17) is 5.14 Å². The molecule has 0 atom stereocenters. The zero-order valence-corrected chi connectivity index (χ0v) is 11.0. The molecule has 0 fully saturated rings. The van der Waals surface area contributed by atoms with Gasteiger partial charge in [-0.25, -0.2) is 5.14 Å². The van der Waals surface area contributed by atoms with Crippen LogP contribution in [-0.4, -0.2) is 44.8 Å². The Hall–Kier alpha value is -0.950. The number of nitrogens with zero attached hydrogens (tertiary/aromatic N) is 2. The van der Waals surface area contributed by atoms with Gasteiger partial charge in [0.25, 0.3) is 10.2 Å². The SMILES string of the molecule is CN(C)CCN(Cc1ccccc1)S(N)(=O)=O. The van der Waals surface area contributed by atoms with Gasteiger partial charge in [-0.15, -0.1) is 0 Å². The maximum absolute atomic E-state index is 11.4. The zero-order chi connectivity index (χ0) is 12.9. The minimum atomic E-state index is -3.65. The molecule has 1 rings (SSSR count). The molecule has 0 aliphatic carbocycles. The first-order valence-electron chi connectivity index (χ1n) is 5.36. The second-order valence-corrected chi connectivity index (χ2v) is 5.71. The van der Waals surface area contributed by atoms with Gasteiger partial charge < -0.3 is 4.90 Å². The summed E-state index contributed by atoms with van der Waals surface area (Å²) in [6, 6.07) is 9.41. The van der Waals surface area contributed by atoms with E-state index in [2.05, 4.69) is 0 Å². The first-order chi connectivity index (χ1) is 7.89. The average molecular weight is 257 g/mol. The summed E-state index contributed by atoms with van der Waals surface area (Å²) in [7, 11) is 0.133. The van der Waals surface area contributed by atoms with Crippen molar-refractivity contribution in [1.29, 1.82) is 0 Å². The van der Waals surface area contributed by atoms with Crippen LogP contribution in [0.4, 0.5) is 0 Å². The Morgan fingerprint density at radius 1 is 1.12 bits per heavy atom. The largest absolute Gasteiger partial charge is 0.308 e. The van der Waals surface area contributed by atoms with E-state index in [1.165, 1.54) is 4.31 Å². The first-order valence-corrected chi connectivity index (χ1v) is 6.86.